The van der Waals surface area contributed by atoms with Gasteiger partial charge in [0.1, 0.15) is 5.57 Å². The standard InChI is InChI=1S/C26H20Br2N2O3/c1-15-6-5-9-23(16(15)2)30-25(32)21(24(31)29-26(30)33)14-19-13-20(27)11-10-17(19)12-18-7-3-4-8-22(18)28/h3-11,13-14H,12H2,1-2H3,(H,29,31,33)/b21-14+. The number of benzene rings is 3. The highest BCUT2D eigenvalue weighted by Gasteiger charge is 2.37. The lowest BCUT2D eigenvalue weighted by molar-refractivity contribution is -0.122. The molecular weight excluding hydrogens is 548 g/mol. The van der Waals surface area contributed by atoms with Crippen molar-refractivity contribution < 1.29 is 14.4 Å². The number of carbonyl (C=O) groups is 3. The molecule has 7 heteroatoms. The van der Waals surface area contributed by atoms with Crippen molar-refractivity contribution in [3.63, 3.8) is 0 Å². The minimum absolute atomic E-state index is 0.0954. The average molecular weight is 568 g/mol. The van der Waals surface area contributed by atoms with E-state index >= 15 is 0 Å². The molecule has 0 saturated carbocycles. The molecule has 3 aromatic carbocycles. The van der Waals surface area contributed by atoms with Crippen molar-refractivity contribution >= 4 is 61.5 Å². The van der Waals surface area contributed by atoms with Gasteiger partial charge in [-0.15, -0.1) is 0 Å². The van der Waals surface area contributed by atoms with E-state index in [1.807, 2.05) is 62.4 Å². The van der Waals surface area contributed by atoms with Crippen LogP contribution in [0.5, 0.6) is 0 Å². The summed E-state index contributed by atoms with van der Waals surface area (Å²) in [6.45, 7) is 3.75. The lowest BCUT2D eigenvalue weighted by Crippen LogP contribution is -2.54. The van der Waals surface area contributed by atoms with Gasteiger partial charge in [-0.1, -0.05) is 68.3 Å². The molecule has 0 radical (unpaired) electrons. The van der Waals surface area contributed by atoms with Crippen molar-refractivity contribution in [2.24, 2.45) is 0 Å². The van der Waals surface area contributed by atoms with Crippen LogP contribution < -0.4 is 10.2 Å². The lowest BCUT2D eigenvalue weighted by atomic mass is 9.97. The third-order valence-corrected chi connectivity index (χ3v) is 6.93. The molecule has 0 spiro atoms. The van der Waals surface area contributed by atoms with Crippen LogP contribution in [-0.4, -0.2) is 17.8 Å². The zero-order chi connectivity index (χ0) is 23.7. The van der Waals surface area contributed by atoms with E-state index in [0.717, 1.165) is 36.1 Å². The van der Waals surface area contributed by atoms with E-state index in [1.165, 1.54) is 0 Å². The Hall–Kier alpha value is -3.03. The van der Waals surface area contributed by atoms with Gasteiger partial charge in [0.25, 0.3) is 11.8 Å². The maximum atomic E-state index is 13.4. The van der Waals surface area contributed by atoms with Gasteiger partial charge in [0.05, 0.1) is 5.69 Å². The van der Waals surface area contributed by atoms with Gasteiger partial charge in [-0.3, -0.25) is 14.9 Å². The van der Waals surface area contributed by atoms with Gasteiger partial charge in [-0.05, 0) is 78.4 Å². The molecule has 1 saturated heterocycles. The van der Waals surface area contributed by atoms with Crippen LogP contribution in [0.25, 0.3) is 6.08 Å². The molecule has 33 heavy (non-hydrogen) atoms. The summed E-state index contributed by atoms with van der Waals surface area (Å²) in [5, 5.41) is 2.31. The van der Waals surface area contributed by atoms with E-state index in [9.17, 15) is 14.4 Å². The van der Waals surface area contributed by atoms with Crippen molar-refractivity contribution in [3.8, 4) is 0 Å². The van der Waals surface area contributed by atoms with Gasteiger partial charge in [0, 0.05) is 8.95 Å². The zero-order valence-corrected chi connectivity index (χ0v) is 21.2. The van der Waals surface area contributed by atoms with Crippen LogP contribution in [0, 0.1) is 13.8 Å². The first kappa shape index (κ1) is 23.1. The van der Waals surface area contributed by atoms with Crippen molar-refractivity contribution in [3.05, 3.63) is 103 Å². The van der Waals surface area contributed by atoms with Crippen molar-refractivity contribution in [1.29, 1.82) is 0 Å². The van der Waals surface area contributed by atoms with Crippen molar-refractivity contribution in [1.82, 2.24) is 5.32 Å². The maximum absolute atomic E-state index is 13.4. The molecule has 3 aromatic rings. The Morgan fingerprint density at radius 3 is 2.42 bits per heavy atom. The third kappa shape index (κ3) is 4.70. The van der Waals surface area contributed by atoms with Gasteiger partial charge < -0.3 is 0 Å². The minimum Gasteiger partial charge on any atom is -0.273 e. The second-order valence-corrected chi connectivity index (χ2v) is 9.56. The largest absolute Gasteiger partial charge is 0.335 e. The second kappa shape index (κ2) is 9.45. The van der Waals surface area contributed by atoms with Crippen LogP contribution in [0.15, 0.2) is 75.2 Å². The highest BCUT2D eigenvalue weighted by Crippen LogP contribution is 2.29. The zero-order valence-electron chi connectivity index (χ0n) is 18.0. The van der Waals surface area contributed by atoms with Gasteiger partial charge in [0.2, 0.25) is 0 Å². The van der Waals surface area contributed by atoms with E-state index < -0.39 is 17.8 Å². The van der Waals surface area contributed by atoms with E-state index in [0.29, 0.717) is 17.7 Å². The van der Waals surface area contributed by atoms with Crippen molar-refractivity contribution in [2.75, 3.05) is 4.90 Å². The van der Waals surface area contributed by atoms with E-state index in [1.54, 1.807) is 18.2 Å². The Balaban J connectivity index is 1.78. The Labute approximate surface area is 208 Å². The van der Waals surface area contributed by atoms with Crippen LogP contribution in [0.3, 0.4) is 0 Å². The summed E-state index contributed by atoms with van der Waals surface area (Å²) >= 11 is 7.05. The van der Waals surface area contributed by atoms with E-state index in [2.05, 4.69) is 37.2 Å². The minimum atomic E-state index is -0.751. The van der Waals surface area contributed by atoms with E-state index in [-0.39, 0.29) is 5.57 Å². The van der Waals surface area contributed by atoms with E-state index in [4.69, 9.17) is 0 Å². The van der Waals surface area contributed by atoms with Crippen molar-refractivity contribution in [2.45, 2.75) is 20.3 Å². The molecule has 1 heterocycles. The van der Waals surface area contributed by atoms with Gasteiger partial charge in [-0.2, -0.15) is 0 Å². The lowest BCUT2D eigenvalue weighted by Gasteiger charge is -2.28. The van der Waals surface area contributed by atoms with Gasteiger partial charge in [-0.25, -0.2) is 9.69 Å². The predicted molar refractivity (Wildman–Crippen MR) is 136 cm³/mol. The molecule has 166 valence electrons. The number of amides is 4. The van der Waals surface area contributed by atoms with Crippen LogP contribution in [-0.2, 0) is 16.0 Å². The molecule has 0 aliphatic carbocycles. The number of rotatable bonds is 4. The second-order valence-electron chi connectivity index (χ2n) is 7.79. The molecule has 4 rings (SSSR count). The van der Waals surface area contributed by atoms with Crippen LogP contribution in [0.1, 0.15) is 27.8 Å². The molecule has 4 amide bonds. The quantitative estimate of drug-likeness (QED) is 0.306. The van der Waals surface area contributed by atoms with Gasteiger partial charge >= 0.3 is 6.03 Å². The number of carbonyl (C=O) groups excluding carboxylic acids is 3. The molecule has 0 atom stereocenters. The van der Waals surface area contributed by atoms with Gasteiger partial charge in [0.15, 0.2) is 0 Å². The monoisotopic (exact) mass is 566 g/mol. The summed E-state index contributed by atoms with van der Waals surface area (Å²) in [7, 11) is 0. The fraction of sp³-hybridized carbons (Fsp3) is 0.115. The first-order valence-electron chi connectivity index (χ1n) is 10.3. The number of aryl methyl sites for hydroxylation is 1. The molecule has 0 bridgehead atoms. The summed E-state index contributed by atoms with van der Waals surface area (Å²) in [4.78, 5) is 39.7. The third-order valence-electron chi connectivity index (χ3n) is 5.67. The summed E-state index contributed by atoms with van der Waals surface area (Å²) in [6, 6.07) is 18.3. The number of imide groups is 2. The number of nitrogens with one attached hydrogen (secondary N) is 1. The fourth-order valence-electron chi connectivity index (χ4n) is 3.72. The first-order valence-corrected chi connectivity index (χ1v) is 11.8. The summed E-state index contributed by atoms with van der Waals surface area (Å²) in [5.41, 5.74) is 4.83. The molecule has 1 aliphatic heterocycles. The molecular formula is C26H20Br2N2O3. The Kier molecular flexibility index (Phi) is 6.63. The average Bonchev–Trinajstić information content (AvgIpc) is 2.77. The Bertz CT molecular complexity index is 1330. The summed E-state index contributed by atoms with van der Waals surface area (Å²) in [6.07, 6.45) is 2.16. The number of hydrogen-bond acceptors (Lipinski definition) is 3. The molecule has 1 N–H and O–H groups in total. The van der Waals surface area contributed by atoms with Crippen LogP contribution in [0.4, 0.5) is 10.5 Å². The van der Waals surface area contributed by atoms with Crippen LogP contribution >= 0.6 is 31.9 Å². The predicted octanol–water partition coefficient (Wildman–Crippen LogP) is 6.09. The molecule has 0 unspecified atom stereocenters. The molecule has 5 nitrogen and oxygen atoms in total. The number of barbiturate groups is 1. The highest BCUT2D eigenvalue weighted by molar-refractivity contribution is 9.10. The molecule has 1 fully saturated rings. The molecule has 0 aromatic heterocycles. The number of nitrogens with zero attached hydrogens (tertiary/aromatic N) is 1. The summed E-state index contributed by atoms with van der Waals surface area (Å²) < 4.78 is 1.79. The summed E-state index contributed by atoms with van der Waals surface area (Å²) in [5.74, 6) is -1.36. The normalized spacial score (nSPS) is 15.2. The first-order chi connectivity index (χ1) is 15.8. The maximum Gasteiger partial charge on any atom is 0.335 e. The number of hydrogen-bond donors (Lipinski definition) is 1. The molecule has 1 aliphatic rings. The Morgan fingerprint density at radius 2 is 1.67 bits per heavy atom. The highest BCUT2D eigenvalue weighted by atomic mass is 79.9. The number of halogens is 2. The SMILES string of the molecule is Cc1cccc(N2C(=O)NC(=O)/C(=C\c3cc(Br)ccc3Cc3ccccc3Br)C2=O)c1C. The number of urea groups is 1. The topological polar surface area (TPSA) is 66.5 Å². The smallest absolute Gasteiger partial charge is 0.273 e. The Morgan fingerprint density at radius 1 is 0.909 bits per heavy atom. The van der Waals surface area contributed by atoms with Crippen LogP contribution in [0.2, 0.25) is 0 Å². The fourth-order valence-corrected chi connectivity index (χ4v) is 4.52. The number of anilines is 1.